The Kier molecular flexibility index (Phi) is 10.8. The van der Waals surface area contributed by atoms with Crippen LogP contribution in [-0.4, -0.2) is 89.1 Å². The molecular weight excluding hydrogens is 576 g/mol. The Balaban J connectivity index is 0.00000384. The highest BCUT2D eigenvalue weighted by Gasteiger charge is 2.23. The second-order valence-corrected chi connectivity index (χ2v) is 12.3. The summed E-state index contributed by atoms with van der Waals surface area (Å²) in [6, 6.07) is 10.5. The van der Waals surface area contributed by atoms with Crippen molar-refractivity contribution in [3.63, 3.8) is 0 Å². The number of oxazole rings is 1. The number of aliphatic hydroxyl groups is 1. The standard InChI is InChI=1S/C33H44N6O4.H2S/c1-23-31(43-22-34-23)21-42-29-8-6-25-19-38(11-10-24(25)16-29)20-28(40)7-9-30(41)26-17-32(35-27-4-3-5-27)36-33(18-26)39-14-12-37(2)13-15-39;/h6,8,16-18,22,27-28,40H,3-5,7,9-15,19-21H2,1-2H3,(H,35,36);1H2/t28-;/m0./s1. The SMILES string of the molecule is Cc1ncoc1COc1ccc2c(c1)CCN(C[C@@H](O)CCC(=O)c1cc(NC3CCC3)nc(N3CCN(C)CC3)c1)C2.S. The number of anilines is 2. The zero-order valence-electron chi connectivity index (χ0n) is 25.9. The molecule has 2 aromatic heterocycles. The first kappa shape index (κ1) is 32.3. The van der Waals surface area contributed by atoms with E-state index in [0.29, 0.717) is 37.6 Å². The Morgan fingerprint density at radius 3 is 2.68 bits per heavy atom. The summed E-state index contributed by atoms with van der Waals surface area (Å²) in [6.45, 7) is 8.21. The summed E-state index contributed by atoms with van der Waals surface area (Å²) in [7, 11) is 2.14. The Bertz CT molecular complexity index is 1400. The molecule has 2 aliphatic heterocycles. The molecule has 0 bridgehead atoms. The molecule has 44 heavy (non-hydrogen) atoms. The van der Waals surface area contributed by atoms with Crippen LogP contribution in [0.25, 0.3) is 0 Å². The Hall–Kier alpha value is -3.12. The van der Waals surface area contributed by atoms with Crippen molar-refractivity contribution < 1.29 is 19.1 Å². The maximum absolute atomic E-state index is 13.4. The van der Waals surface area contributed by atoms with Crippen LogP contribution in [0.3, 0.4) is 0 Å². The number of rotatable bonds is 12. The van der Waals surface area contributed by atoms with Crippen LogP contribution in [-0.2, 0) is 19.6 Å². The largest absolute Gasteiger partial charge is 0.486 e. The van der Waals surface area contributed by atoms with Gasteiger partial charge in [0.15, 0.2) is 17.9 Å². The number of likely N-dealkylation sites (N-methyl/N-ethyl adjacent to an activating group) is 1. The molecule has 0 radical (unpaired) electrons. The minimum absolute atomic E-state index is 0. The first-order chi connectivity index (χ1) is 20.9. The number of pyridine rings is 1. The number of benzene rings is 1. The van der Waals surface area contributed by atoms with Gasteiger partial charge in [-0.05, 0) is 81.5 Å². The lowest BCUT2D eigenvalue weighted by Crippen LogP contribution is -2.45. The third-order valence-corrected chi connectivity index (χ3v) is 9.08. The quantitative estimate of drug-likeness (QED) is 0.286. The van der Waals surface area contributed by atoms with Gasteiger partial charge in [-0.2, -0.15) is 13.5 Å². The summed E-state index contributed by atoms with van der Waals surface area (Å²) < 4.78 is 11.3. The number of ketones is 1. The molecule has 4 heterocycles. The second-order valence-electron chi connectivity index (χ2n) is 12.3. The number of aryl methyl sites for hydroxylation is 1. The van der Waals surface area contributed by atoms with E-state index in [1.165, 1.54) is 23.9 Å². The van der Waals surface area contributed by atoms with E-state index in [-0.39, 0.29) is 19.3 Å². The molecule has 10 nitrogen and oxygen atoms in total. The Labute approximate surface area is 267 Å². The summed E-state index contributed by atoms with van der Waals surface area (Å²) in [4.78, 5) is 29.2. The van der Waals surface area contributed by atoms with Crippen molar-refractivity contribution in [3.8, 4) is 5.75 Å². The highest BCUT2D eigenvalue weighted by molar-refractivity contribution is 7.59. The normalized spacial score (nSPS) is 18.2. The predicted molar refractivity (Wildman–Crippen MR) is 176 cm³/mol. The topological polar surface area (TPSA) is 107 Å². The first-order valence-electron chi connectivity index (χ1n) is 15.7. The summed E-state index contributed by atoms with van der Waals surface area (Å²) in [5.74, 6) is 3.28. The molecule has 1 saturated carbocycles. The van der Waals surface area contributed by atoms with Gasteiger partial charge in [-0.1, -0.05) is 6.07 Å². The molecule has 2 N–H and O–H groups in total. The maximum Gasteiger partial charge on any atom is 0.181 e. The van der Waals surface area contributed by atoms with Gasteiger partial charge in [-0.3, -0.25) is 9.69 Å². The lowest BCUT2D eigenvalue weighted by molar-refractivity contribution is 0.0836. The molecule has 0 spiro atoms. The van der Waals surface area contributed by atoms with Crippen molar-refractivity contribution in [1.29, 1.82) is 0 Å². The summed E-state index contributed by atoms with van der Waals surface area (Å²) in [5, 5.41) is 14.4. The third-order valence-electron chi connectivity index (χ3n) is 9.08. The fourth-order valence-electron chi connectivity index (χ4n) is 5.99. The van der Waals surface area contributed by atoms with Crippen LogP contribution >= 0.6 is 13.5 Å². The van der Waals surface area contributed by atoms with Crippen LogP contribution in [0.2, 0.25) is 0 Å². The van der Waals surface area contributed by atoms with Crippen LogP contribution in [0.4, 0.5) is 11.6 Å². The minimum Gasteiger partial charge on any atom is -0.486 e. The number of piperazine rings is 1. The Morgan fingerprint density at radius 1 is 1.14 bits per heavy atom. The van der Waals surface area contributed by atoms with E-state index in [2.05, 4.69) is 44.2 Å². The zero-order valence-corrected chi connectivity index (χ0v) is 26.9. The van der Waals surface area contributed by atoms with Crippen LogP contribution in [0.5, 0.6) is 5.75 Å². The second kappa shape index (κ2) is 14.8. The molecule has 6 rings (SSSR count). The van der Waals surface area contributed by atoms with E-state index in [0.717, 1.165) is 87.4 Å². The third kappa shape index (κ3) is 8.12. The van der Waals surface area contributed by atoms with Gasteiger partial charge >= 0.3 is 0 Å². The number of hydrogen-bond donors (Lipinski definition) is 2. The van der Waals surface area contributed by atoms with Crippen LogP contribution in [0.1, 0.15) is 65.0 Å². The number of β-amino-alcohol motifs (C(OH)–C–C–N with tert-alkyl or cyclic N) is 1. The molecule has 11 heteroatoms. The number of carbonyl (C=O) groups is 1. The first-order valence-corrected chi connectivity index (χ1v) is 15.7. The van der Waals surface area contributed by atoms with E-state index in [9.17, 15) is 9.90 Å². The van der Waals surface area contributed by atoms with Crippen LogP contribution in [0, 0.1) is 6.92 Å². The smallest absolute Gasteiger partial charge is 0.181 e. The summed E-state index contributed by atoms with van der Waals surface area (Å²) >= 11 is 0. The van der Waals surface area contributed by atoms with Gasteiger partial charge < -0.3 is 29.4 Å². The van der Waals surface area contributed by atoms with Gasteiger partial charge in [0.05, 0.1) is 11.8 Å². The molecule has 1 saturated heterocycles. The van der Waals surface area contributed by atoms with E-state index >= 15 is 0 Å². The predicted octanol–water partition coefficient (Wildman–Crippen LogP) is 4.17. The van der Waals surface area contributed by atoms with Gasteiger partial charge in [0.25, 0.3) is 0 Å². The molecule has 1 aliphatic carbocycles. The molecular formula is C33H46N6O4S. The van der Waals surface area contributed by atoms with Crippen molar-refractivity contribution in [2.75, 3.05) is 56.5 Å². The molecule has 1 aromatic carbocycles. The molecule has 3 aromatic rings. The van der Waals surface area contributed by atoms with Crippen LogP contribution in [0.15, 0.2) is 41.1 Å². The lowest BCUT2D eigenvalue weighted by Gasteiger charge is -2.34. The number of nitrogens with zero attached hydrogens (tertiary/aromatic N) is 5. The van der Waals surface area contributed by atoms with Gasteiger partial charge in [-0.25, -0.2) is 9.97 Å². The Morgan fingerprint density at radius 2 is 1.95 bits per heavy atom. The number of aliphatic hydroxyl groups excluding tert-OH is 1. The van der Waals surface area contributed by atoms with Crippen LogP contribution < -0.4 is 15.0 Å². The zero-order chi connectivity index (χ0) is 29.8. The number of aromatic nitrogens is 2. The molecule has 0 amide bonds. The highest BCUT2D eigenvalue weighted by atomic mass is 32.1. The van der Waals surface area contributed by atoms with Crippen molar-refractivity contribution in [3.05, 3.63) is 64.9 Å². The van der Waals surface area contributed by atoms with Crippen molar-refractivity contribution in [2.45, 2.75) is 70.7 Å². The summed E-state index contributed by atoms with van der Waals surface area (Å²) in [5.41, 5.74) is 4.04. The molecule has 238 valence electrons. The molecule has 0 unspecified atom stereocenters. The van der Waals surface area contributed by atoms with Gasteiger partial charge in [0, 0.05) is 63.8 Å². The number of ether oxygens (including phenoxy) is 1. The van der Waals surface area contributed by atoms with Crippen molar-refractivity contribution in [2.24, 2.45) is 0 Å². The van der Waals surface area contributed by atoms with Gasteiger partial charge in [0.1, 0.15) is 24.0 Å². The maximum atomic E-state index is 13.4. The van der Waals surface area contributed by atoms with Gasteiger partial charge in [-0.15, -0.1) is 0 Å². The number of hydrogen-bond acceptors (Lipinski definition) is 10. The number of fused-ring (bicyclic) bond motifs is 1. The fourth-order valence-corrected chi connectivity index (χ4v) is 5.99. The monoisotopic (exact) mass is 622 g/mol. The van der Waals surface area contributed by atoms with Crippen molar-refractivity contribution in [1.82, 2.24) is 19.8 Å². The number of Topliss-reactive ketones (excluding diaryl/α,β-unsaturated/α-hetero) is 1. The molecule has 3 aliphatic rings. The van der Waals surface area contributed by atoms with Gasteiger partial charge in [0.2, 0.25) is 0 Å². The molecule has 2 fully saturated rings. The van der Waals surface area contributed by atoms with E-state index < -0.39 is 6.10 Å². The van der Waals surface area contributed by atoms with E-state index in [1.807, 2.05) is 25.1 Å². The number of nitrogens with one attached hydrogen (secondary N) is 1. The highest BCUT2D eigenvalue weighted by Crippen LogP contribution is 2.27. The van der Waals surface area contributed by atoms with E-state index in [4.69, 9.17) is 14.1 Å². The average Bonchev–Trinajstić information content (AvgIpc) is 3.41. The molecule has 1 atom stereocenters. The average molecular weight is 623 g/mol. The van der Waals surface area contributed by atoms with E-state index in [1.54, 1.807) is 0 Å². The lowest BCUT2D eigenvalue weighted by atomic mass is 9.93. The minimum atomic E-state index is -0.565. The number of carbonyl (C=O) groups excluding carboxylic acids is 1. The summed E-state index contributed by atoms with van der Waals surface area (Å²) in [6.07, 6.45) is 6.05. The van der Waals surface area contributed by atoms with Crippen molar-refractivity contribution >= 4 is 30.9 Å². The fraction of sp³-hybridized carbons (Fsp3) is 0.545.